The van der Waals surface area contributed by atoms with Crippen molar-refractivity contribution >= 4 is 34.8 Å². The number of nitrogens with one attached hydrogen (secondary N) is 1. The molecule has 0 radical (unpaired) electrons. The highest BCUT2D eigenvalue weighted by Gasteiger charge is 2.45. The molecule has 3 nitrogen and oxygen atoms in total. The number of aliphatic hydroxyl groups is 1. The minimum absolute atomic E-state index is 0.0396. The summed E-state index contributed by atoms with van der Waals surface area (Å²) in [6.45, 7) is 0.733. The van der Waals surface area contributed by atoms with Crippen LogP contribution in [0.3, 0.4) is 0 Å². The molecular formula is C13H15Cl3F2N2O. The Kier molecular flexibility index (Phi) is 5.68. The van der Waals surface area contributed by atoms with Crippen LogP contribution in [-0.2, 0) is 0 Å². The highest BCUT2D eigenvalue weighted by molar-refractivity contribution is 6.43. The maximum Gasteiger partial charge on any atom is 0.289 e. The Morgan fingerprint density at radius 1 is 1.24 bits per heavy atom. The SMILES string of the molecule is OCC(F)(F)[C@@H](c1cc(Cl)cc(Cl)c1Cl)N1CCNCC1. The molecule has 8 heteroatoms. The van der Waals surface area contributed by atoms with Crippen LogP contribution in [0.15, 0.2) is 12.1 Å². The lowest BCUT2D eigenvalue weighted by Crippen LogP contribution is -2.51. The molecule has 2 N–H and O–H groups in total. The fourth-order valence-electron chi connectivity index (χ4n) is 2.49. The summed E-state index contributed by atoms with van der Waals surface area (Å²) in [5.74, 6) is -3.35. The van der Waals surface area contributed by atoms with Crippen LogP contribution in [-0.4, -0.2) is 48.7 Å². The van der Waals surface area contributed by atoms with Gasteiger partial charge in [0.15, 0.2) is 0 Å². The van der Waals surface area contributed by atoms with Gasteiger partial charge in [0.2, 0.25) is 0 Å². The van der Waals surface area contributed by atoms with E-state index in [2.05, 4.69) is 5.32 Å². The summed E-state index contributed by atoms with van der Waals surface area (Å²) in [5.41, 5.74) is 0.134. The van der Waals surface area contributed by atoms with Crippen LogP contribution in [0.4, 0.5) is 8.78 Å². The van der Waals surface area contributed by atoms with E-state index in [9.17, 15) is 8.78 Å². The van der Waals surface area contributed by atoms with Gasteiger partial charge >= 0.3 is 0 Å². The Morgan fingerprint density at radius 2 is 1.86 bits per heavy atom. The molecule has 0 amide bonds. The van der Waals surface area contributed by atoms with E-state index in [1.807, 2.05) is 0 Å². The van der Waals surface area contributed by atoms with Crippen LogP contribution >= 0.6 is 34.8 Å². The van der Waals surface area contributed by atoms with Gasteiger partial charge in [-0.2, -0.15) is 0 Å². The second kappa shape index (κ2) is 6.94. The Hall–Kier alpha value is -0.170. The zero-order valence-electron chi connectivity index (χ0n) is 11.1. The summed E-state index contributed by atoms with van der Waals surface area (Å²) in [4.78, 5) is 1.58. The van der Waals surface area contributed by atoms with Gasteiger partial charge in [-0.1, -0.05) is 34.8 Å². The summed E-state index contributed by atoms with van der Waals surface area (Å²) in [5, 5.41) is 12.6. The molecule has 0 saturated carbocycles. The molecule has 1 aromatic rings. The maximum atomic E-state index is 14.3. The molecule has 118 valence electrons. The number of rotatable bonds is 4. The van der Waals surface area contributed by atoms with Crippen molar-refractivity contribution in [1.29, 1.82) is 0 Å². The lowest BCUT2D eigenvalue weighted by molar-refractivity contribution is -0.118. The van der Waals surface area contributed by atoms with Gasteiger partial charge in [0.25, 0.3) is 5.92 Å². The number of alkyl halides is 2. The zero-order chi connectivity index (χ0) is 15.6. The standard InChI is InChI=1S/C13H15Cl3F2N2O/c14-8-5-9(11(16)10(15)6-8)12(13(17,18)7-21)20-3-1-19-2-4-20/h5-6,12,19,21H,1-4,7H2/t12-/m1/s1. The van der Waals surface area contributed by atoms with E-state index in [-0.39, 0.29) is 20.6 Å². The third-order valence-electron chi connectivity index (χ3n) is 3.44. The second-order valence-electron chi connectivity index (χ2n) is 4.90. The van der Waals surface area contributed by atoms with Gasteiger partial charge in [-0.3, -0.25) is 4.90 Å². The first-order valence-corrected chi connectivity index (χ1v) is 7.58. The van der Waals surface area contributed by atoms with Gasteiger partial charge < -0.3 is 10.4 Å². The molecule has 1 heterocycles. The van der Waals surface area contributed by atoms with E-state index >= 15 is 0 Å². The largest absolute Gasteiger partial charge is 0.390 e. The predicted molar refractivity (Wildman–Crippen MR) is 80.7 cm³/mol. The average Bonchev–Trinajstić information content (AvgIpc) is 2.45. The molecule has 0 aromatic heterocycles. The van der Waals surface area contributed by atoms with Gasteiger partial charge in [-0.05, 0) is 17.7 Å². The van der Waals surface area contributed by atoms with Gasteiger partial charge in [0.05, 0.1) is 10.0 Å². The van der Waals surface area contributed by atoms with Crippen LogP contribution in [0.2, 0.25) is 15.1 Å². The van der Waals surface area contributed by atoms with Gasteiger partial charge in [-0.25, -0.2) is 8.78 Å². The van der Waals surface area contributed by atoms with Crippen molar-refractivity contribution in [2.45, 2.75) is 12.0 Å². The topological polar surface area (TPSA) is 35.5 Å². The van der Waals surface area contributed by atoms with E-state index in [0.717, 1.165) is 0 Å². The molecule has 1 fully saturated rings. The third-order valence-corrected chi connectivity index (χ3v) is 4.48. The zero-order valence-corrected chi connectivity index (χ0v) is 13.3. The summed E-state index contributed by atoms with van der Waals surface area (Å²) in [7, 11) is 0. The smallest absolute Gasteiger partial charge is 0.289 e. The quantitative estimate of drug-likeness (QED) is 0.810. The van der Waals surface area contributed by atoms with Crippen molar-refractivity contribution in [3.63, 3.8) is 0 Å². The van der Waals surface area contributed by atoms with Crippen LogP contribution in [0.1, 0.15) is 11.6 Å². The van der Waals surface area contributed by atoms with Crippen LogP contribution in [0, 0.1) is 0 Å². The monoisotopic (exact) mass is 358 g/mol. The Labute approximate surface area is 136 Å². The number of halogens is 5. The van der Waals surface area contributed by atoms with Crippen molar-refractivity contribution in [2.24, 2.45) is 0 Å². The second-order valence-corrected chi connectivity index (χ2v) is 6.12. The molecule has 0 bridgehead atoms. The van der Waals surface area contributed by atoms with E-state index < -0.39 is 18.6 Å². The molecule has 21 heavy (non-hydrogen) atoms. The molecule has 0 aliphatic carbocycles. The fraction of sp³-hybridized carbons (Fsp3) is 0.538. The Morgan fingerprint density at radius 3 is 2.43 bits per heavy atom. The predicted octanol–water partition coefficient (Wildman–Crippen LogP) is 3.22. The number of hydrogen-bond acceptors (Lipinski definition) is 3. The molecule has 0 spiro atoms. The number of hydrogen-bond donors (Lipinski definition) is 2. The molecule has 2 rings (SSSR count). The van der Waals surface area contributed by atoms with E-state index in [0.29, 0.717) is 26.2 Å². The molecule has 1 aromatic carbocycles. The normalized spacial score (nSPS) is 18.8. The third kappa shape index (κ3) is 3.78. The summed E-state index contributed by atoms with van der Waals surface area (Å²) < 4.78 is 28.5. The van der Waals surface area contributed by atoms with Gasteiger partial charge in [0, 0.05) is 31.2 Å². The van der Waals surface area contributed by atoms with Crippen molar-refractivity contribution in [3.8, 4) is 0 Å². The molecule has 1 aliphatic heterocycles. The van der Waals surface area contributed by atoms with Crippen LogP contribution in [0.5, 0.6) is 0 Å². The van der Waals surface area contributed by atoms with Crippen molar-refractivity contribution in [3.05, 3.63) is 32.8 Å². The lowest BCUT2D eigenvalue weighted by Gasteiger charge is -2.39. The first-order valence-electron chi connectivity index (χ1n) is 6.44. The number of aliphatic hydroxyl groups excluding tert-OH is 1. The van der Waals surface area contributed by atoms with Crippen LogP contribution < -0.4 is 5.32 Å². The Bertz CT molecular complexity index is 510. The van der Waals surface area contributed by atoms with E-state index in [4.69, 9.17) is 39.9 Å². The number of nitrogens with zero attached hydrogens (tertiary/aromatic N) is 1. The lowest BCUT2D eigenvalue weighted by atomic mass is 9.98. The highest BCUT2D eigenvalue weighted by Crippen LogP contribution is 2.42. The Balaban J connectivity index is 2.49. The molecular weight excluding hydrogens is 345 g/mol. The molecule has 1 saturated heterocycles. The first kappa shape index (κ1) is 17.2. The minimum atomic E-state index is -3.35. The van der Waals surface area contributed by atoms with Gasteiger partial charge in [0.1, 0.15) is 12.6 Å². The fourth-order valence-corrected chi connectivity index (χ4v) is 3.21. The van der Waals surface area contributed by atoms with E-state index in [1.165, 1.54) is 12.1 Å². The maximum absolute atomic E-state index is 14.3. The van der Waals surface area contributed by atoms with Gasteiger partial charge in [-0.15, -0.1) is 0 Å². The summed E-state index contributed by atoms with van der Waals surface area (Å²) >= 11 is 18.0. The number of piperazine rings is 1. The number of benzene rings is 1. The first-order chi connectivity index (χ1) is 9.86. The van der Waals surface area contributed by atoms with Crippen LogP contribution in [0.25, 0.3) is 0 Å². The highest BCUT2D eigenvalue weighted by atomic mass is 35.5. The molecule has 0 unspecified atom stereocenters. The summed E-state index contributed by atoms with van der Waals surface area (Å²) in [6, 6.07) is 1.42. The summed E-state index contributed by atoms with van der Waals surface area (Å²) in [6.07, 6.45) is 0. The molecule has 1 atom stereocenters. The minimum Gasteiger partial charge on any atom is -0.390 e. The van der Waals surface area contributed by atoms with Crippen molar-refractivity contribution < 1.29 is 13.9 Å². The van der Waals surface area contributed by atoms with Crippen molar-refractivity contribution in [1.82, 2.24) is 10.2 Å². The molecule has 1 aliphatic rings. The van der Waals surface area contributed by atoms with Crippen molar-refractivity contribution in [2.75, 3.05) is 32.8 Å². The van der Waals surface area contributed by atoms with E-state index in [1.54, 1.807) is 4.90 Å². The average molecular weight is 360 g/mol.